The molecule has 4 rings (SSSR count). The lowest BCUT2D eigenvalue weighted by Gasteiger charge is -2.16. The average molecular weight is 633 g/mol. The van der Waals surface area contributed by atoms with Gasteiger partial charge >= 0.3 is 17.9 Å². The molecular weight excluding hydrogens is 604 g/mol. The van der Waals surface area contributed by atoms with E-state index in [4.69, 9.17) is 9.84 Å². The van der Waals surface area contributed by atoms with E-state index in [-0.39, 0.29) is 29.2 Å². The number of aromatic carboxylic acids is 2. The zero-order valence-electron chi connectivity index (χ0n) is 23.7. The lowest BCUT2D eigenvalue weighted by Crippen LogP contribution is -2.25. The van der Waals surface area contributed by atoms with Crippen LogP contribution in [0.5, 0.6) is 0 Å². The standard InChI is InChI=1S/C32H28N2O8S2/c1-3-25(28(36)34-29-26(32(41)42-4-2)24(17-43-29)18-9-6-5-7-10-18)44-21-12-8-11-20(16-21)33-27(35)22-14-13-19(30(37)38)15-23(22)31(39)40/h5-17,25H,3-4H2,1-2H3,(H,33,35)(H,34,36)(H,37,38)(H,39,40). The van der Waals surface area contributed by atoms with E-state index in [0.29, 0.717) is 27.6 Å². The summed E-state index contributed by atoms with van der Waals surface area (Å²) in [6.45, 7) is 3.75. The molecule has 0 radical (unpaired) electrons. The number of carbonyl (C=O) groups is 5. The number of anilines is 2. The molecule has 0 aliphatic heterocycles. The van der Waals surface area contributed by atoms with Gasteiger partial charge in [-0.05, 0) is 55.3 Å². The summed E-state index contributed by atoms with van der Waals surface area (Å²) in [5.41, 5.74) is 1.23. The maximum absolute atomic E-state index is 13.4. The van der Waals surface area contributed by atoms with Gasteiger partial charge in [0.1, 0.15) is 10.6 Å². The van der Waals surface area contributed by atoms with Gasteiger partial charge < -0.3 is 25.6 Å². The molecule has 1 aromatic heterocycles. The molecule has 1 atom stereocenters. The van der Waals surface area contributed by atoms with Gasteiger partial charge in [0.15, 0.2) is 0 Å². The van der Waals surface area contributed by atoms with Crippen molar-refractivity contribution >= 4 is 63.5 Å². The van der Waals surface area contributed by atoms with Gasteiger partial charge in [0.05, 0.1) is 28.5 Å². The van der Waals surface area contributed by atoms with Crippen molar-refractivity contribution < 1.29 is 38.9 Å². The summed E-state index contributed by atoms with van der Waals surface area (Å²) >= 11 is 2.50. The molecule has 0 aliphatic carbocycles. The smallest absolute Gasteiger partial charge is 0.341 e. The summed E-state index contributed by atoms with van der Waals surface area (Å²) in [5.74, 6) is -4.33. The maximum atomic E-state index is 13.4. The minimum atomic E-state index is -1.44. The van der Waals surface area contributed by atoms with Crippen molar-refractivity contribution in [3.05, 3.63) is 100 Å². The Morgan fingerprint density at radius 1 is 0.864 bits per heavy atom. The molecule has 4 aromatic rings. The highest BCUT2D eigenvalue weighted by Crippen LogP contribution is 2.37. The van der Waals surface area contributed by atoms with Crippen LogP contribution in [0.2, 0.25) is 0 Å². The van der Waals surface area contributed by atoms with Crippen LogP contribution in [-0.4, -0.2) is 51.8 Å². The van der Waals surface area contributed by atoms with Gasteiger partial charge in [0.2, 0.25) is 5.91 Å². The highest BCUT2D eigenvalue weighted by Gasteiger charge is 2.26. The molecule has 0 saturated carbocycles. The molecule has 1 heterocycles. The second-order valence-corrected chi connectivity index (χ2v) is 11.5. The number of benzene rings is 3. The molecule has 2 amide bonds. The normalized spacial score (nSPS) is 11.3. The highest BCUT2D eigenvalue weighted by atomic mass is 32.2. The highest BCUT2D eigenvalue weighted by molar-refractivity contribution is 8.00. The van der Waals surface area contributed by atoms with E-state index in [0.717, 1.165) is 23.8 Å². The number of amides is 2. The molecule has 1 unspecified atom stereocenters. The van der Waals surface area contributed by atoms with Crippen molar-refractivity contribution in [1.82, 2.24) is 0 Å². The molecule has 12 heteroatoms. The molecule has 0 fully saturated rings. The molecule has 226 valence electrons. The Kier molecular flexibility index (Phi) is 10.5. The summed E-state index contributed by atoms with van der Waals surface area (Å²) in [4.78, 5) is 62.8. The number of thiophene rings is 1. The number of hydrogen-bond acceptors (Lipinski definition) is 8. The Bertz CT molecular complexity index is 1720. The Hall–Kier alpha value is -4.94. The van der Waals surface area contributed by atoms with Crippen LogP contribution in [0.1, 0.15) is 61.7 Å². The topological polar surface area (TPSA) is 159 Å². The van der Waals surface area contributed by atoms with E-state index in [2.05, 4.69) is 10.6 Å². The Labute approximate surface area is 261 Å². The monoisotopic (exact) mass is 632 g/mol. The molecule has 0 saturated heterocycles. The third kappa shape index (κ3) is 7.52. The first-order valence-electron chi connectivity index (χ1n) is 13.5. The summed E-state index contributed by atoms with van der Waals surface area (Å²) in [6, 6.07) is 19.3. The maximum Gasteiger partial charge on any atom is 0.341 e. The number of ether oxygens (including phenoxy) is 1. The Balaban J connectivity index is 1.51. The number of hydrogen-bond donors (Lipinski definition) is 4. The third-order valence-corrected chi connectivity index (χ3v) is 8.62. The van der Waals surface area contributed by atoms with Gasteiger partial charge in [0.25, 0.3) is 5.91 Å². The Morgan fingerprint density at radius 2 is 1.61 bits per heavy atom. The molecule has 44 heavy (non-hydrogen) atoms. The van der Waals surface area contributed by atoms with Crippen molar-refractivity contribution in [2.75, 3.05) is 17.2 Å². The van der Waals surface area contributed by atoms with Crippen LogP contribution in [0.4, 0.5) is 10.7 Å². The van der Waals surface area contributed by atoms with Crippen LogP contribution in [-0.2, 0) is 9.53 Å². The zero-order chi connectivity index (χ0) is 31.8. The van der Waals surface area contributed by atoms with Crippen molar-refractivity contribution in [2.45, 2.75) is 30.4 Å². The van der Waals surface area contributed by atoms with Crippen molar-refractivity contribution in [2.24, 2.45) is 0 Å². The number of thioether (sulfide) groups is 1. The van der Waals surface area contributed by atoms with Crippen LogP contribution in [0.3, 0.4) is 0 Å². The Morgan fingerprint density at radius 3 is 2.27 bits per heavy atom. The minimum Gasteiger partial charge on any atom is -0.478 e. The molecule has 0 aliphatic rings. The van der Waals surface area contributed by atoms with Crippen LogP contribution in [0, 0.1) is 0 Å². The van der Waals surface area contributed by atoms with Crippen molar-refractivity contribution in [1.29, 1.82) is 0 Å². The third-order valence-electron chi connectivity index (χ3n) is 6.37. The summed E-state index contributed by atoms with van der Waals surface area (Å²) in [7, 11) is 0. The number of carboxylic acid groups (broad SMARTS) is 2. The van der Waals surface area contributed by atoms with Crippen LogP contribution in [0.15, 0.2) is 83.1 Å². The molecule has 4 N–H and O–H groups in total. The lowest BCUT2D eigenvalue weighted by atomic mass is 10.0. The van der Waals surface area contributed by atoms with E-state index in [1.807, 2.05) is 42.6 Å². The first kappa shape index (κ1) is 32.0. The number of esters is 1. The average Bonchev–Trinajstić information content (AvgIpc) is 3.43. The summed E-state index contributed by atoms with van der Waals surface area (Å²) < 4.78 is 5.28. The molecule has 0 bridgehead atoms. The fourth-order valence-electron chi connectivity index (χ4n) is 4.26. The van der Waals surface area contributed by atoms with Gasteiger partial charge in [-0.15, -0.1) is 23.1 Å². The van der Waals surface area contributed by atoms with Crippen LogP contribution < -0.4 is 10.6 Å². The predicted molar refractivity (Wildman–Crippen MR) is 169 cm³/mol. The predicted octanol–water partition coefficient (Wildman–Crippen LogP) is 6.75. The van der Waals surface area contributed by atoms with Gasteiger partial charge in [-0.2, -0.15) is 0 Å². The zero-order valence-corrected chi connectivity index (χ0v) is 25.3. The lowest BCUT2D eigenvalue weighted by molar-refractivity contribution is -0.115. The van der Waals surface area contributed by atoms with Crippen molar-refractivity contribution in [3.8, 4) is 11.1 Å². The first-order valence-corrected chi connectivity index (χ1v) is 15.2. The van der Waals surface area contributed by atoms with Gasteiger partial charge in [-0.3, -0.25) is 9.59 Å². The van der Waals surface area contributed by atoms with E-state index >= 15 is 0 Å². The van der Waals surface area contributed by atoms with Crippen LogP contribution in [0.25, 0.3) is 11.1 Å². The first-order chi connectivity index (χ1) is 21.1. The number of carboxylic acids is 2. The molecular formula is C32H28N2O8S2. The van der Waals surface area contributed by atoms with Gasteiger partial charge in [-0.25, -0.2) is 14.4 Å². The number of rotatable bonds is 12. The second-order valence-electron chi connectivity index (χ2n) is 9.30. The quantitative estimate of drug-likeness (QED) is 0.0979. The fourth-order valence-corrected chi connectivity index (χ4v) is 6.24. The SMILES string of the molecule is CCOC(=O)c1c(-c2ccccc2)csc1NC(=O)C(CC)Sc1cccc(NC(=O)c2ccc(C(=O)O)cc2C(=O)O)c1. The van der Waals surface area contributed by atoms with E-state index in [1.165, 1.54) is 23.1 Å². The van der Waals surface area contributed by atoms with Crippen LogP contribution >= 0.6 is 23.1 Å². The number of nitrogens with one attached hydrogen (secondary N) is 2. The van der Waals surface area contributed by atoms with E-state index in [1.54, 1.807) is 31.2 Å². The molecule has 10 nitrogen and oxygen atoms in total. The summed E-state index contributed by atoms with van der Waals surface area (Å²) in [6.07, 6.45) is 0.455. The fraction of sp³-hybridized carbons (Fsp3) is 0.156. The number of carbonyl (C=O) groups excluding carboxylic acids is 3. The van der Waals surface area contributed by atoms with E-state index in [9.17, 15) is 29.1 Å². The van der Waals surface area contributed by atoms with Gasteiger partial charge in [-0.1, -0.05) is 43.3 Å². The largest absolute Gasteiger partial charge is 0.478 e. The van der Waals surface area contributed by atoms with E-state index < -0.39 is 34.6 Å². The summed E-state index contributed by atoms with van der Waals surface area (Å²) in [5, 5.41) is 25.9. The molecule has 3 aromatic carbocycles. The van der Waals surface area contributed by atoms with Crippen molar-refractivity contribution in [3.63, 3.8) is 0 Å². The minimum absolute atomic E-state index is 0.182. The van der Waals surface area contributed by atoms with Gasteiger partial charge in [0, 0.05) is 21.5 Å². The molecule has 0 spiro atoms. The second kappa shape index (κ2) is 14.5.